The number of rotatable bonds is 3. The van der Waals surface area contributed by atoms with Gasteiger partial charge in [0.2, 0.25) is 0 Å². The summed E-state index contributed by atoms with van der Waals surface area (Å²) < 4.78 is 0. The summed E-state index contributed by atoms with van der Waals surface area (Å²) in [6, 6.07) is 9.72. The van der Waals surface area contributed by atoms with Crippen LogP contribution in [0.4, 0.5) is 0 Å². The second-order valence-electron chi connectivity index (χ2n) is 4.48. The predicted octanol–water partition coefficient (Wildman–Crippen LogP) is 3.31. The first-order valence-electron chi connectivity index (χ1n) is 6.17. The highest BCUT2D eigenvalue weighted by Gasteiger charge is 2.26. The van der Waals surface area contributed by atoms with Crippen molar-refractivity contribution in [2.45, 2.75) is 39.2 Å². The van der Waals surface area contributed by atoms with Crippen LogP contribution in [0.25, 0.3) is 0 Å². The van der Waals surface area contributed by atoms with E-state index in [4.69, 9.17) is 0 Å². The van der Waals surface area contributed by atoms with E-state index in [9.17, 15) is 0 Å². The Hall–Kier alpha value is -0.820. The zero-order valence-electron chi connectivity index (χ0n) is 9.79. The fraction of sp³-hybridized carbons (Fsp3) is 0.571. The number of benzene rings is 1. The molecule has 1 N–H and O–H groups in total. The molecule has 0 aliphatic carbocycles. The Morgan fingerprint density at radius 1 is 1.20 bits per heavy atom. The molecule has 0 radical (unpaired) electrons. The summed E-state index contributed by atoms with van der Waals surface area (Å²) in [6.07, 6.45) is 3.75. The Labute approximate surface area is 92.9 Å². The molecule has 1 nitrogen and oxygen atoms in total. The molecule has 1 aromatic rings. The van der Waals surface area contributed by atoms with Gasteiger partial charge in [0.15, 0.2) is 0 Å². The predicted molar refractivity (Wildman–Crippen MR) is 65.0 cm³/mol. The monoisotopic (exact) mass is 203 g/mol. The van der Waals surface area contributed by atoms with Crippen LogP contribution in [0.2, 0.25) is 0 Å². The first-order valence-corrected chi connectivity index (χ1v) is 6.17. The Balaban J connectivity index is 2.14. The Kier molecular flexibility index (Phi) is 3.42. The Morgan fingerprint density at radius 3 is 2.53 bits per heavy atom. The van der Waals surface area contributed by atoms with Crippen molar-refractivity contribution in [2.75, 3.05) is 6.54 Å². The second-order valence-corrected chi connectivity index (χ2v) is 4.48. The van der Waals surface area contributed by atoms with E-state index in [0.717, 1.165) is 12.3 Å². The van der Waals surface area contributed by atoms with Crippen LogP contribution in [-0.2, 0) is 6.42 Å². The standard InChI is InChI=1S/C14H21N/c1-3-11-5-7-13(8-6-11)14-12(4-2)9-10-15-14/h5-8,12,14-15H,3-4,9-10H2,1-2H3/t12-,14+/m0/s1. The summed E-state index contributed by atoms with van der Waals surface area (Å²) in [5.41, 5.74) is 2.90. The van der Waals surface area contributed by atoms with Crippen LogP contribution in [0.15, 0.2) is 24.3 Å². The van der Waals surface area contributed by atoms with Gasteiger partial charge in [-0.15, -0.1) is 0 Å². The van der Waals surface area contributed by atoms with E-state index in [1.807, 2.05) is 0 Å². The molecular weight excluding hydrogens is 182 g/mol. The summed E-state index contributed by atoms with van der Waals surface area (Å²) in [5, 5.41) is 3.61. The lowest BCUT2D eigenvalue weighted by Gasteiger charge is -2.18. The molecule has 82 valence electrons. The van der Waals surface area contributed by atoms with E-state index < -0.39 is 0 Å². The largest absolute Gasteiger partial charge is 0.310 e. The zero-order chi connectivity index (χ0) is 10.7. The molecular formula is C14H21N. The van der Waals surface area contributed by atoms with Gasteiger partial charge in [-0.1, -0.05) is 44.5 Å². The van der Waals surface area contributed by atoms with Crippen molar-refractivity contribution in [1.29, 1.82) is 0 Å². The minimum absolute atomic E-state index is 0.598. The topological polar surface area (TPSA) is 12.0 Å². The minimum atomic E-state index is 0.598. The third-order valence-electron chi connectivity index (χ3n) is 3.62. The summed E-state index contributed by atoms with van der Waals surface area (Å²) >= 11 is 0. The first kappa shape index (κ1) is 10.7. The highest BCUT2D eigenvalue weighted by atomic mass is 14.9. The molecule has 1 heteroatoms. The fourth-order valence-corrected chi connectivity index (χ4v) is 2.55. The van der Waals surface area contributed by atoms with Crippen molar-refractivity contribution < 1.29 is 0 Å². The van der Waals surface area contributed by atoms with E-state index in [0.29, 0.717) is 6.04 Å². The number of hydrogen-bond donors (Lipinski definition) is 1. The maximum Gasteiger partial charge on any atom is 0.0349 e. The fourth-order valence-electron chi connectivity index (χ4n) is 2.55. The number of nitrogens with one attached hydrogen (secondary N) is 1. The lowest BCUT2D eigenvalue weighted by atomic mass is 9.91. The molecule has 1 aliphatic heterocycles. The number of hydrogen-bond acceptors (Lipinski definition) is 1. The SMILES string of the molecule is CCc1ccc([C@@H]2NCC[C@@H]2CC)cc1. The smallest absolute Gasteiger partial charge is 0.0349 e. The maximum atomic E-state index is 3.61. The molecule has 2 rings (SSSR count). The van der Waals surface area contributed by atoms with Crippen molar-refractivity contribution in [2.24, 2.45) is 5.92 Å². The molecule has 0 saturated carbocycles. The van der Waals surface area contributed by atoms with E-state index >= 15 is 0 Å². The van der Waals surface area contributed by atoms with Gasteiger partial charge in [0.25, 0.3) is 0 Å². The molecule has 1 saturated heterocycles. The van der Waals surface area contributed by atoms with Crippen LogP contribution < -0.4 is 5.32 Å². The average molecular weight is 203 g/mol. The van der Waals surface area contributed by atoms with Crippen LogP contribution >= 0.6 is 0 Å². The van der Waals surface area contributed by atoms with Gasteiger partial charge in [-0.05, 0) is 36.4 Å². The quantitative estimate of drug-likeness (QED) is 0.794. The highest BCUT2D eigenvalue weighted by molar-refractivity contribution is 5.26. The van der Waals surface area contributed by atoms with Gasteiger partial charge < -0.3 is 5.32 Å². The molecule has 1 aromatic carbocycles. The molecule has 0 amide bonds. The van der Waals surface area contributed by atoms with Gasteiger partial charge in [0.1, 0.15) is 0 Å². The van der Waals surface area contributed by atoms with Crippen molar-refractivity contribution in [3.05, 3.63) is 35.4 Å². The van der Waals surface area contributed by atoms with Crippen LogP contribution in [0.5, 0.6) is 0 Å². The minimum Gasteiger partial charge on any atom is -0.310 e. The average Bonchev–Trinajstić information content (AvgIpc) is 2.77. The van der Waals surface area contributed by atoms with Crippen molar-refractivity contribution in [1.82, 2.24) is 5.32 Å². The second kappa shape index (κ2) is 4.80. The van der Waals surface area contributed by atoms with Gasteiger partial charge in [-0.25, -0.2) is 0 Å². The van der Waals surface area contributed by atoms with Crippen molar-refractivity contribution in [3.8, 4) is 0 Å². The van der Waals surface area contributed by atoms with E-state index in [-0.39, 0.29) is 0 Å². The van der Waals surface area contributed by atoms with Crippen molar-refractivity contribution >= 4 is 0 Å². The van der Waals surface area contributed by atoms with Gasteiger partial charge in [-0.3, -0.25) is 0 Å². The summed E-state index contributed by atoms with van der Waals surface area (Å²) in [6.45, 7) is 5.68. The Bertz CT molecular complexity index is 302. The summed E-state index contributed by atoms with van der Waals surface area (Å²) in [7, 11) is 0. The lowest BCUT2D eigenvalue weighted by molar-refractivity contribution is 0.449. The van der Waals surface area contributed by atoms with Gasteiger partial charge in [0, 0.05) is 6.04 Å². The maximum absolute atomic E-state index is 3.61. The third kappa shape index (κ3) is 2.23. The molecule has 2 atom stereocenters. The third-order valence-corrected chi connectivity index (χ3v) is 3.62. The lowest BCUT2D eigenvalue weighted by Crippen LogP contribution is -2.17. The molecule has 0 aromatic heterocycles. The van der Waals surface area contributed by atoms with Gasteiger partial charge in [0.05, 0.1) is 0 Å². The highest BCUT2D eigenvalue weighted by Crippen LogP contribution is 2.31. The van der Waals surface area contributed by atoms with E-state index in [2.05, 4.69) is 43.4 Å². The Morgan fingerprint density at radius 2 is 1.93 bits per heavy atom. The zero-order valence-corrected chi connectivity index (χ0v) is 9.79. The molecule has 15 heavy (non-hydrogen) atoms. The van der Waals surface area contributed by atoms with Gasteiger partial charge in [-0.2, -0.15) is 0 Å². The molecule has 0 bridgehead atoms. The van der Waals surface area contributed by atoms with Crippen LogP contribution in [0.1, 0.15) is 43.9 Å². The van der Waals surface area contributed by atoms with Crippen LogP contribution in [-0.4, -0.2) is 6.54 Å². The molecule has 0 spiro atoms. The summed E-state index contributed by atoms with van der Waals surface area (Å²) in [4.78, 5) is 0. The van der Waals surface area contributed by atoms with Crippen LogP contribution in [0, 0.1) is 5.92 Å². The summed E-state index contributed by atoms with van der Waals surface area (Å²) in [5.74, 6) is 0.831. The molecule has 1 fully saturated rings. The number of aryl methyl sites for hydroxylation is 1. The molecule has 1 heterocycles. The first-order chi connectivity index (χ1) is 7.35. The molecule has 1 aliphatic rings. The van der Waals surface area contributed by atoms with Crippen LogP contribution in [0.3, 0.4) is 0 Å². The van der Waals surface area contributed by atoms with Crippen molar-refractivity contribution in [3.63, 3.8) is 0 Å². The van der Waals surface area contributed by atoms with Gasteiger partial charge >= 0.3 is 0 Å². The normalized spacial score (nSPS) is 25.7. The molecule has 0 unspecified atom stereocenters. The van der Waals surface area contributed by atoms with E-state index in [1.165, 1.54) is 30.5 Å². The van der Waals surface area contributed by atoms with E-state index in [1.54, 1.807) is 0 Å².